The summed E-state index contributed by atoms with van der Waals surface area (Å²) >= 11 is 0. The Morgan fingerprint density at radius 2 is 2.06 bits per heavy atom. The zero-order valence-corrected chi connectivity index (χ0v) is 10.5. The van der Waals surface area contributed by atoms with Crippen molar-refractivity contribution in [1.82, 2.24) is 0 Å². The maximum absolute atomic E-state index is 11.9. The molecule has 0 aromatic rings. The Kier molecular flexibility index (Phi) is 3.56. The van der Waals surface area contributed by atoms with Gasteiger partial charge >= 0.3 is 5.97 Å². The Morgan fingerprint density at radius 3 is 2.50 bits per heavy atom. The lowest BCUT2D eigenvalue weighted by atomic mass is 9.82. The highest BCUT2D eigenvalue weighted by atomic mass is 16.5. The van der Waals surface area contributed by atoms with E-state index in [0.717, 1.165) is 6.42 Å². The van der Waals surface area contributed by atoms with Crippen molar-refractivity contribution in [2.45, 2.75) is 40.5 Å². The molecule has 0 spiro atoms. The van der Waals surface area contributed by atoms with Crippen LogP contribution in [0.25, 0.3) is 0 Å². The molecule has 0 heterocycles. The number of allylic oxidation sites excluding steroid dienone is 1. The Morgan fingerprint density at radius 1 is 1.44 bits per heavy atom. The number of esters is 1. The van der Waals surface area contributed by atoms with Gasteiger partial charge in [0.05, 0.1) is 6.61 Å². The van der Waals surface area contributed by atoms with Gasteiger partial charge in [0.2, 0.25) is 0 Å². The Bertz CT molecular complexity index is 328. The van der Waals surface area contributed by atoms with Crippen LogP contribution in [0.15, 0.2) is 12.2 Å². The Hall–Kier alpha value is -1.12. The third-order valence-electron chi connectivity index (χ3n) is 3.00. The maximum Gasteiger partial charge on any atom is 0.330 e. The van der Waals surface area contributed by atoms with E-state index in [2.05, 4.69) is 13.8 Å². The van der Waals surface area contributed by atoms with E-state index < -0.39 is 5.41 Å². The molecule has 0 N–H and O–H groups in total. The zero-order valence-electron chi connectivity index (χ0n) is 10.5. The van der Waals surface area contributed by atoms with Gasteiger partial charge in [0.15, 0.2) is 0 Å². The molecule has 0 aliphatic heterocycles. The first-order valence-corrected chi connectivity index (χ1v) is 5.68. The van der Waals surface area contributed by atoms with Crippen LogP contribution in [0, 0.1) is 10.8 Å². The van der Waals surface area contributed by atoms with Crippen LogP contribution in [0.3, 0.4) is 0 Å². The molecule has 3 nitrogen and oxygen atoms in total. The summed E-state index contributed by atoms with van der Waals surface area (Å²) < 4.78 is 4.80. The number of hydrogen-bond acceptors (Lipinski definition) is 3. The molecule has 16 heavy (non-hydrogen) atoms. The van der Waals surface area contributed by atoms with Gasteiger partial charge in [-0.1, -0.05) is 19.9 Å². The molecule has 1 rings (SSSR count). The van der Waals surface area contributed by atoms with Crippen molar-refractivity contribution in [3.8, 4) is 0 Å². The van der Waals surface area contributed by atoms with Crippen molar-refractivity contribution < 1.29 is 14.3 Å². The SMILES string of the molecule is CCOC(=O)/C=C/C1(C)CC(C)(C)CC1=O. The van der Waals surface area contributed by atoms with Gasteiger partial charge in [-0.2, -0.15) is 0 Å². The molecular weight excluding hydrogens is 204 g/mol. The summed E-state index contributed by atoms with van der Waals surface area (Å²) in [6, 6.07) is 0. The minimum absolute atomic E-state index is 0.0326. The number of ketones is 1. The third kappa shape index (κ3) is 2.94. The first-order valence-electron chi connectivity index (χ1n) is 5.68. The number of rotatable bonds is 3. The number of ether oxygens (including phenoxy) is 1. The van der Waals surface area contributed by atoms with E-state index in [9.17, 15) is 9.59 Å². The number of carbonyl (C=O) groups is 2. The predicted octanol–water partition coefficient (Wildman–Crippen LogP) is 2.50. The number of carbonyl (C=O) groups excluding carboxylic acids is 2. The van der Waals surface area contributed by atoms with Gasteiger partial charge in [-0.05, 0) is 25.7 Å². The van der Waals surface area contributed by atoms with E-state index >= 15 is 0 Å². The van der Waals surface area contributed by atoms with Gasteiger partial charge in [-0.3, -0.25) is 4.79 Å². The molecule has 0 radical (unpaired) electrons. The van der Waals surface area contributed by atoms with Gasteiger partial charge in [-0.15, -0.1) is 0 Å². The topological polar surface area (TPSA) is 43.4 Å². The van der Waals surface area contributed by atoms with Crippen LogP contribution in [0.1, 0.15) is 40.5 Å². The fraction of sp³-hybridized carbons (Fsp3) is 0.692. The van der Waals surface area contributed by atoms with Gasteiger partial charge < -0.3 is 4.74 Å². The molecule has 0 bridgehead atoms. The van der Waals surface area contributed by atoms with Gasteiger partial charge in [0.25, 0.3) is 0 Å². The molecule has 1 atom stereocenters. The molecule has 1 saturated carbocycles. The number of hydrogen-bond donors (Lipinski definition) is 0. The largest absolute Gasteiger partial charge is 0.463 e. The van der Waals surface area contributed by atoms with Crippen LogP contribution in [0.2, 0.25) is 0 Å². The molecule has 0 aromatic carbocycles. The van der Waals surface area contributed by atoms with E-state index in [-0.39, 0.29) is 17.2 Å². The monoisotopic (exact) mass is 224 g/mol. The van der Waals surface area contributed by atoms with E-state index in [1.54, 1.807) is 13.0 Å². The molecular formula is C13H20O3. The lowest BCUT2D eigenvalue weighted by molar-refractivity contribution is -0.137. The minimum atomic E-state index is -0.504. The van der Waals surface area contributed by atoms with Crippen LogP contribution >= 0.6 is 0 Å². The van der Waals surface area contributed by atoms with Gasteiger partial charge in [-0.25, -0.2) is 4.79 Å². The lowest BCUT2D eigenvalue weighted by Crippen LogP contribution is -2.19. The molecule has 1 aliphatic carbocycles. The Balaban J connectivity index is 2.73. The smallest absolute Gasteiger partial charge is 0.330 e. The van der Waals surface area contributed by atoms with Crippen molar-refractivity contribution >= 4 is 11.8 Å². The van der Waals surface area contributed by atoms with Crippen molar-refractivity contribution in [3.05, 3.63) is 12.2 Å². The van der Waals surface area contributed by atoms with Crippen molar-refractivity contribution in [2.75, 3.05) is 6.61 Å². The van der Waals surface area contributed by atoms with E-state index in [1.807, 2.05) is 6.92 Å². The van der Waals surface area contributed by atoms with Crippen molar-refractivity contribution in [1.29, 1.82) is 0 Å². The Labute approximate surface area is 96.9 Å². The molecule has 0 saturated heterocycles. The molecule has 0 aromatic heterocycles. The summed E-state index contributed by atoms with van der Waals surface area (Å²) in [5, 5.41) is 0. The highest BCUT2D eigenvalue weighted by Crippen LogP contribution is 2.47. The van der Waals surface area contributed by atoms with Crippen molar-refractivity contribution in [2.24, 2.45) is 10.8 Å². The summed E-state index contributed by atoms with van der Waals surface area (Å²) in [7, 11) is 0. The summed E-state index contributed by atoms with van der Waals surface area (Å²) in [5.74, 6) is -0.167. The second kappa shape index (κ2) is 4.40. The number of Topliss-reactive ketones (excluding diaryl/α,β-unsaturated/α-hetero) is 1. The van der Waals surface area contributed by atoms with E-state index in [0.29, 0.717) is 13.0 Å². The molecule has 90 valence electrons. The second-order valence-electron chi connectivity index (χ2n) is 5.44. The molecule has 1 fully saturated rings. The summed E-state index contributed by atoms with van der Waals surface area (Å²) in [6.45, 7) is 8.17. The molecule has 0 amide bonds. The average Bonchev–Trinajstić information content (AvgIpc) is 2.33. The fourth-order valence-electron chi connectivity index (χ4n) is 2.39. The minimum Gasteiger partial charge on any atom is -0.463 e. The summed E-state index contributed by atoms with van der Waals surface area (Å²) in [5.41, 5.74) is -0.471. The quantitative estimate of drug-likeness (QED) is 0.546. The van der Waals surface area contributed by atoms with Crippen LogP contribution in [-0.4, -0.2) is 18.4 Å². The van der Waals surface area contributed by atoms with Crippen LogP contribution in [-0.2, 0) is 14.3 Å². The van der Waals surface area contributed by atoms with E-state index in [4.69, 9.17) is 4.74 Å². The first kappa shape index (κ1) is 12.9. The van der Waals surface area contributed by atoms with Gasteiger partial charge in [0.1, 0.15) is 5.78 Å². The summed E-state index contributed by atoms with van der Waals surface area (Å²) in [4.78, 5) is 23.1. The zero-order chi connectivity index (χ0) is 12.4. The highest BCUT2D eigenvalue weighted by Gasteiger charge is 2.45. The highest BCUT2D eigenvalue weighted by molar-refractivity contribution is 5.91. The summed E-state index contributed by atoms with van der Waals surface area (Å²) in [6.07, 6.45) is 4.44. The van der Waals surface area contributed by atoms with Gasteiger partial charge in [0, 0.05) is 17.9 Å². The normalized spacial score (nSPS) is 28.6. The maximum atomic E-state index is 11.9. The second-order valence-corrected chi connectivity index (χ2v) is 5.44. The lowest BCUT2D eigenvalue weighted by Gasteiger charge is -2.20. The standard InChI is InChI=1S/C13H20O3/c1-5-16-11(15)6-7-13(4)9-12(2,3)8-10(13)14/h6-7H,5,8-9H2,1-4H3/b7-6+. The molecule has 3 heteroatoms. The van der Waals surface area contributed by atoms with Crippen LogP contribution in [0.4, 0.5) is 0 Å². The molecule has 1 unspecified atom stereocenters. The predicted molar refractivity (Wildman–Crippen MR) is 61.9 cm³/mol. The first-order chi connectivity index (χ1) is 7.29. The van der Waals surface area contributed by atoms with E-state index in [1.165, 1.54) is 6.08 Å². The third-order valence-corrected chi connectivity index (χ3v) is 3.00. The van der Waals surface area contributed by atoms with Crippen LogP contribution in [0.5, 0.6) is 0 Å². The fourth-order valence-corrected chi connectivity index (χ4v) is 2.39. The van der Waals surface area contributed by atoms with Crippen LogP contribution < -0.4 is 0 Å². The average molecular weight is 224 g/mol. The van der Waals surface area contributed by atoms with Crippen molar-refractivity contribution in [3.63, 3.8) is 0 Å². The molecule has 1 aliphatic rings.